The summed E-state index contributed by atoms with van der Waals surface area (Å²) in [6.07, 6.45) is -1.51. The van der Waals surface area contributed by atoms with Gasteiger partial charge in [-0.2, -0.15) is 0 Å². The third kappa shape index (κ3) is 4.52. The summed E-state index contributed by atoms with van der Waals surface area (Å²) >= 11 is 1.05. The molecule has 0 bridgehead atoms. The minimum absolute atomic E-state index is 0.0336. The molecular weight excluding hydrogens is 398 g/mol. The maximum absolute atomic E-state index is 12.8. The van der Waals surface area contributed by atoms with E-state index in [1.54, 1.807) is 18.2 Å². The minimum atomic E-state index is -3.90. The van der Waals surface area contributed by atoms with Crippen molar-refractivity contribution in [2.45, 2.75) is 24.7 Å². The summed E-state index contributed by atoms with van der Waals surface area (Å²) < 4.78 is 32.7. The zero-order chi connectivity index (χ0) is 20.3. The van der Waals surface area contributed by atoms with Gasteiger partial charge in [0.2, 0.25) is 5.06 Å². The maximum atomic E-state index is 12.8. The first-order valence-corrected chi connectivity index (χ1v) is 10.8. The van der Waals surface area contributed by atoms with Crippen LogP contribution in [-0.4, -0.2) is 19.7 Å². The van der Waals surface area contributed by atoms with Gasteiger partial charge in [-0.1, -0.05) is 67.6 Å². The predicted molar refractivity (Wildman–Crippen MR) is 110 cm³/mol. The predicted octanol–water partition coefficient (Wildman–Crippen LogP) is 5.40. The van der Waals surface area contributed by atoms with Gasteiger partial charge in [-0.3, -0.25) is 4.72 Å². The number of hydrogen-bond acceptors (Lipinski definition) is 5. The number of anilines is 1. The summed E-state index contributed by atoms with van der Waals surface area (Å²) in [4.78, 5) is 11.8. The van der Waals surface area contributed by atoms with Crippen LogP contribution in [-0.2, 0) is 10.0 Å². The molecule has 0 aliphatic carbocycles. The van der Waals surface area contributed by atoms with Crippen LogP contribution in [0.25, 0.3) is 10.4 Å². The number of nitrogens with one attached hydrogen (secondary N) is 1. The average Bonchev–Trinajstić information content (AvgIpc) is 3.03. The molecule has 28 heavy (non-hydrogen) atoms. The topological polar surface area (TPSA) is 92.7 Å². The van der Waals surface area contributed by atoms with Gasteiger partial charge in [-0.05, 0) is 35.2 Å². The van der Waals surface area contributed by atoms with Gasteiger partial charge in [0.25, 0.3) is 10.0 Å². The molecule has 2 aromatic carbocycles. The van der Waals surface area contributed by atoms with Gasteiger partial charge in [-0.25, -0.2) is 13.2 Å². The van der Waals surface area contributed by atoms with E-state index in [2.05, 4.69) is 4.72 Å². The number of ether oxygens (including phenoxy) is 1. The van der Waals surface area contributed by atoms with Crippen molar-refractivity contribution in [2.75, 3.05) is 4.72 Å². The Morgan fingerprint density at radius 3 is 2.29 bits per heavy atom. The molecule has 0 aliphatic heterocycles. The van der Waals surface area contributed by atoms with Gasteiger partial charge in [0.15, 0.2) is 0 Å². The SMILES string of the molecule is CC(C)c1ccc(S(=O)(=O)Nc2cc(-c3ccccc3)sc2OC(=O)O)cc1. The Balaban J connectivity index is 1.95. The lowest BCUT2D eigenvalue weighted by Gasteiger charge is -2.10. The highest BCUT2D eigenvalue weighted by molar-refractivity contribution is 7.92. The summed E-state index contributed by atoms with van der Waals surface area (Å²) in [5.74, 6) is 0.283. The van der Waals surface area contributed by atoms with Gasteiger partial charge in [0, 0.05) is 4.88 Å². The van der Waals surface area contributed by atoms with Gasteiger partial charge in [0.05, 0.1) is 4.90 Å². The molecule has 146 valence electrons. The zero-order valence-electron chi connectivity index (χ0n) is 15.2. The molecule has 0 unspecified atom stereocenters. The molecule has 3 rings (SSSR count). The normalized spacial score (nSPS) is 11.4. The molecule has 0 saturated heterocycles. The van der Waals surface area contributed by atoms with Crippen molar-refractivity contribution in [3.63, 3.8) is 0 Å². The number of sulfonamides is 1. The van der Waals surface area contributed by atoms with Crippen molar-refractivity contribution in [3.05, 3.63) is 66.2 Å². The van der Waals surface area contributed by atoms with Crippen LogP contribution in [0, 0.1) is 0 Å². The molecular formula is C20H19NO5S2. The highest BCUT2D eigenvalue weighted by atomic mass is 32.2. The van der Waals surface area contributed by atoms with Crippen LogP contribution in [0.5, 0.6) is 5.06 Å². The van der Waals surface area contributed by atoms with Crippen LogP contribution in [0.4, 0.5) is 10.5 Å². The largest absolute Gasteiger partial charge is 0.512 e. The Kier molecular flexibility index (Phi) is 5.71. The standard InChI is InChI=1S/C20H19NO5S2/c1-13(2)14-8-10-16(11-9-14)28(24,25)21-17-12-18(15-6-4-3-5-7-15)27-19(17)26-20(22)23/h3-13,21H,1-2H3,(H,22,23). The summed E-state index contributed by atoms with van der Waals surface area (Å²) in [5.41, 5.74) is 1.93. The van der Waals surface area contributed by atoms with Crippen LogP contribution < -0.4 is 9.46 Å². The van der Waals surface area contributed by atoms with E-state index in [0.29, 0.717) is 4.88 Å². The third-order valence-corrected chi connectivity index (χ3v) is 6.48. The monoisotopic (exact) mass is 417 g/mol. The smallest absolute Gasteiger partial charge is 0.449 e. The molecule has 0 atom stereocenters. The van der Waals surface area contributed by atoms with Gasteiger partial charge in [-0.15, -0.1) is 0 Å². The van der Waals surface area contributed by atoms with E-state index >= 15 is 0 Å². The molecule has 1 aromatic heterocycles. The van der Waals surface area contributed by atoms with Crippen molar-refractivity contribution in [3.8, 4) is 15.5 Å². The lowest BCUT2D eigenvalue weighted by atomic mass is 10.0. The fourth-order valence-electron chi connectivity index (χ4n) is 2.58. The fourth-order valence-corrected chi connectivity index (χ4v) is 4.66. The van der Waals surface area contributed by atoms with E-state index < -0.39 is 16.2 Å². The maximum Gasteiger partial charge on any atom is 0.512 e. The molecule has 3 aromatic rings. The first-order chi connectivity index (χ1) is 13.3. The Hall–Kier alpha value is -2.84. The summed E-state index contributed by atoms with van der Waals surface area (Å²) in [6, 6.07) is 17.4. The van der Waals surface area contributed by atoms with Crippen molar-refractivity contribution in [1.82, 2.24) is 0 Å². The summed E-state index contributed by atoms with van der Waals surface area (Å²) in [6.45, 7) is 4.04. The first kappa shape index (κ1) is 19.9. The van der Waals surface area contributed by atoms with Crippen LogP contribution >= 0.6 is 11.3 Å². The number of carboxylic acid groups (broad SMARTS) is 1. The molecule has 6 nitrogen and oxygen atoms in total. The second-order valence-corrected chi connectivity index (χ2v) is 9.07. The molecule has 2 N–H and O–H groups in total. The molecule has 8 heteroatoms. The Bertz CT molecular complexity index is 1070. The quantitative estimate of drug-likeness (QED) is 0.524. The van der Waals surface area contributed by atoms with Crippen molar-refractivity contribution in [2.24, 2.45) is 0 Å². The van der Waals surface area contributed by atoms with E-state index in [9.17, 15) is 13.2 Å². The van der Waals surface area contributed by atoms with E-state index in [1.807, 2.05) is 44.2 Å². The minimum Gasteiger partial charge on any atom is -0.449 e. The van der Waals surface area contributed by atoms with Gasteiger partial charge in [0.1, 0.15) is 5.69 Å². The van der Waals surface area contributed by atoms with Crippen molar-refractivity contribution in [1.29, 1.82) is 0 Å². The Morgan fingerprint density at radius 1 is 1.07 bits per heavy atom. The van der Waals surface area contributed by atoms with E-state index in [0.717, 1.165) is 22.5 Å². The summed E-state index contributed by atoms with van der Waals surface area (Å²) in [7, 11) is -3.90. The lowest BCUT2D eigenvalue weighted by molar-refractivity contribution is 0.146. The molecule has 0 fully saturated rings. The van der Waals surface area contributed by atoms with Crippen molar-refractivity contribution < 1.29 is 23.1 Å². The van der Waals surface area contributed by atoms with E-state index in [4.69, 9.17) is 9.84 Å². The molecule has 1 heterocycles. The van der Waals surface area contributed by atoms with E-state index in [-0.39, 0.29) is 21.6 Å². The van der Waals surface area contributed by atoms with Crippen LogP contribution in [0.2, 0.25) is 0 Å². The zero-order valence-corrected chi connectivity index (χ0v) is 16.9. The summed E-state index contributed by atoms with van der Waals surface area (Å²) in [5, 5.41) is 8.94. The lowest BCUT2D eigenvalue weighted by Crippen LogP contribution is -2.14. The molecule has 0 amide bonds. The second kappa shape index (κ2) is 8.04. The molecule has 0 saturated carbocycles. The van der Waals surface area contributed by atoms with Crippen LogP contribution in [0.1, 0.15) is 25.3 Å². The molecule has 0 spiro atoms. The van der Waals surface area contributed by atoms with Gasteiger partial charge < -0.3 is 9.84 Å². The average molecular weight is 418 g/mol. The van der Waals surface area contributed by atoms with Crippen LogP contribution in [0.15, 0.2) is 65.6 Å². The Morgan fingerprint density at radius 2 is 1.71 bits per heavy atom. The molecule has 0 radical (unpaired) electrons. The van der Waals surface area contributed by atoms with Crippen LogP contribution in [0.3, 0.4) is 0 Å². The molecule has 0 aliphatic rings. The number of hydrogen-bond donors (Lipinski definition) is 2. The number of thiophene rings is 1. The number of carbonyl (C=O) groups is 1. The van der Waals surface area contributed by atoms with Crippen molar-refractivity contribution >= 4 is 33.2 Å². The fraction of sp³-hybridized carbons (Fsp3) is 0.150. The second-order valence-electron chi connectivity index (χ2n) is 6.38. The Labute approximate surface area is 167 Å². The third-order valence-electron chi connectivity index (χ3n) is 4.04. The van der Waals surface area contributed by atoms with Gasteiger partial charge >= 0.3 is 6.16 Å². The highest BCUT2D eigenvalue weighted by Gasteiger charge is 2.21. The number of rotatable bonds is 6. The van der Waals surface area contributed by atoms with E-state index in [1.165, 1.54) is 12.1 Å². The first-order valence-electron chi connectivity index (χ1n) is 8.49. The highest BCUT2D eigenvalue weighted by Crippen LogP contribution is 2.41. The number of benzene rings is 2.